The fourth-order valence-corrected chi connectivity index (χ4v) is 5.54. The zero-order valence-electron chi connectivity index (χ0n) is 25.6. The van der Waals surface area contributed by atoms with Gasteiger partial charge in [0.05, 0.1) is 5.56 Å². The van der Waals surface area contributed by atoms with E-state index in [0.29, 0.717) is 5.56 Å². The lowest BCUT2D eigenvalue weighted by Crippen LogP contribution is -2.31. The molecular weight excluding hydrogens is 462 g/mol. The van der Waals surface area contributed by atoms with Gasteiger partial charge in [0.15, 0.2) is 6.20 Å². The molecule has 0 bridgehead atoms. The van der Waals surface area contributed by atoms with Gasteiger partial charge in [0.25, 0.3) is 0 Å². The summed E-state index contributed by atoms with van der Waals surface area (Å²) in [7, 11) is 1.92. The van der Waals surface area contributed by atoms with E-state index in [-0.39, 0.29) is 5.41 Å². The Morgan fingerprint density at radius 2 is 1.50 bits per heavy atom. The molecule has 2 aromatic heterocycles. The van der Waals surface area contributed by atoms with Crippen molar-refractivity contribution < 1.29 is 13.1 Å². The van der Waals surface area contributed by atoms with Crippen molar-refractivity contribution in [3.8, 4) is 33.5 Å². The molecule has 0 saturated heterocycles. The van der Waals surface area contributed by atoms with Gasteiger partial charge in [-0.05, 0) is 58.6 Å². The minimum absolute atomic E-state index is 0.223. The van der Waals surface area contributed by atoms with Crippen LogP contribution in [0.3, 0.4) is 0 Å². The van der Waals surface area contributed by atoms with E-state index in [1.165, 1.54) is 0 Å². The van der Waals surface area contributed by atoms with Crippen LogP contribution in [0.1, 0.15) is 41.6 Å². The van der Waals surface area contributed by atoms with Crippen LogP contribution < -0.4 is 4.57 Å². The molecule has 2 heteroatoms. The summed E-state index contributed by atoms with van der Waals surface area (Å²) >= 11 is 0. The molecule has 0 spiro atoms. The van der Waals surface area contributed by atoms with Crippen molar-refractivity contribution in [2.24, 2.45) is 7.05 Å². The average Bonchev–Trinajstić information content (AvgIpc) is 3.31. The quantitative estimate of drug-likeness (QED) is 0.222. The van der Waals surface area contributed by atoms with Crippen LogP contribution in [0.2, 0.25) is 0 Å². The molecular formula is C36H34NO+. The predicted molar refractivity (Wildman–Crippen MR) is 159 cm³/mol. The maximum Gasteiger partial charge on any atom is 0.216 e. The first-order valence-electron chi connectivity index (χ1n) is 14.6. The molecule has 0 N–H and O–H groups in total. The highest BCUT2D eigenvalue weighted by Gasteiger charge is 2.25. The van der Waals surface area contributed by atoms with Gasteiger partial charge in [-0.15, -0.1) is 0 Å². The molecule has 0 atom stereocenters. The molecule has 38 heavy (non-hydrogen) atoms. The second-order valence-corrected chi connectivity index (χ2v) is 11.2. The monoisotopic (exact) mass is 499 g/mol. The molecule has 0 amide bonds. The molecule has 0 aliphatic rings. The molecule has 6 rings (SSSR count). The van der Waals surface area contributed by atoms with Crippen LogP contribution in [-0.4, -0.2) is 0 Å². The summed E-state index contributed by atoms with van der Waals surface area (Å²) in [5.41, 5.74) is 9.68. The van der Waals surface area contributed by atoms with Crippen LogP contribution in [0.5, 0.6) is 0 Å². The summed E-state index contributed by atoms with van der Waals surface area (Å²) in [5, 5.41) is 2.11. The lowest BCUT2D eigenvalue weighted by Gasteiger charge is -2.25. The minimum atomic E-state index is -2.29. The maximum atomic E-state index is 8.49. The van der Waals surface area contributed by atoms with Crippen LogP contribution in [0.25, 0.3) is 55.4 Å². The predicted octanol–water partition coefficient (Wildman–Crippen LogP) is 9.33. The normalized spacial score (nSPS) is 13.4. The third-order valence-electron chi connectivity index (χ3n) is 7.51. The number of aromatic nitrogens is 1. The number of nitrogens with zero attached hydrogens (tertiary/aromatic N) is 1. The van der Waals surface area contributed by atoms with Crippen molar-refractivity contribution in [1.29, 1.82) is 0 Å². The molecule has 4 aromatic carbocycles. The topological polar surface area (TPSA) is 17.0 Å². The Morgan fingerprint density at radius 3 is 2.26 bits per heavy atom. The van der Waals surface area contributed by atoms with Crippen molar-refractivity contribution in [2.75, 3.05) is 0 Å². The van der Waals surface area contributed by atoms with E-state index in [1.807, 2.05) is 54.1 Å². The molecule has 0 radical (unpaired) electrons. The molecule has 2 heterocycles. The van der Waals surface area contributed by atoms with Crippen LogP contribution in [0.4, 0.5) is 0 Å². The van der Waals surface area contributed by atoms with E-state index in [2.05, 4.69) is 76.2 Å². The SMILES string of the molecule is [2H]C([2H])([2H])c1c[n+](C)c(-c2c(C)ccc3c2oc2ccccc23)cc1-c1ccc(-c2ccccc2)cc1C(C)(C)C. The number of para-hydroxylation sites is 1. The number of benzene rings is 4. The van der Waals surface area contributed by atoms with Gasteiger partial charge < -0.3 is 4.42 Å². The number of hydrogen-bond donors (Lipinski definition) is 0. The Hall–Kier alpha value is -4.17. The Kier molecular flexibility index (Phi) is 4.93. The summed E-state index contributed by atoms with van der Waals surface area (Å²) in [5.74, 6) is 0. The molecule has 0 aliphatic carbocycles. The van der Waals surface area contributed by atoms with Crippen molar-refractivity contribution in [2.45, 2.75) is 40.0 Å². The third kappa shape index (κ3) is 4.01. The van der Waals surface area contributed by atoms with E-state index in [9.17, 15) is 0 Å². The number of hydrogen-bond acceptors (Lipinski definition) is 1. The van der Waals surface area contributed by atoms with Gasteiger partial charge in [-0.25, -0.2) is 4.57 Å². The Balaban J connectivity index is 1.66. The van der Waals surface area contributed by atoms with Gasteiger partial charge in [0.1, 0.15) is 18.2 Å². The summed E-state index contributed by atoms with van der Waals surface area (Å²) in [4.78, 5) is 0. The Morgan fingerprint density at radius 1 is 0.737 bits per heavy atom. The average molecular weight is 500 g/mol. The molecule has 0 unspecified atom stereocenters. The van der Waals surface area contributed by atoms with Gasteiger partial charge >= 0.3 is 0 Å². The molecule has 2 nitrogen and oxygen atoms in total. The second kappa shape index (κ2) is 8.99. The summed E-state index contributed by atoms with van der Waals surface area (Å²) in [6.07, 6.45) is 1.77. The van der Waals surface area contributed by atoms with Gasteiger partial charge in [0.2, 0.25) is 5.69 Å². The van der Waals surface area contributed by atoms with E-state index in [4.69, 9.17) is 8.53 Å². The fraction of sp³-hybridized carbons (Fsp3) is 0.194. The lowest BCUT2D eigenvalue weighted by atomic mass is 9.79. The van der Waals surface area contributed by atoms with E-state index >= 15 is 0 Å². The Bertz CT molecular complexity index is 1930. The highest BCUT2D eigenvalue weighted by Crippen LogP contribution is 2.41. The van der Waals surface area contributed by atoms with Crippen LogP contribution in [0.15, 0.2) is 102 Å². The second-order valence-electron chi connectivity index (χ2n) is 11.2. The van der Waals surface area contributed by atoms with Crippen molar-refractivity contribution in [3.05, 3.63) is 114 Å². The van der Waals surface area contributed by atoms with Gasteiger partial charge in [-0.2, -0.15) is 0 Å². The number of furan rings is 1. The van der Waals surface area contributed by atoms with E-state index in [0.717, 1.165) is 66.6 Å². The largest absolute Gasteiger partial charge is 0.455 e. The van der Waals surface area contributed by atoms with E-state index < -0.39 is 6.85 Å². The zero-order valence-corrected chi connectivity index (χ0v) is 22.6. The van der Waals surface area contributed by atoms with Gasteiger partial charge in [-0.3, -0.25) is 0 Å². The highest BCUT2D eigenvalue weighted by molar-refractivity contribution is 6.09. The first-order valence-corrected chi connectivity index (χ1v) is 13.1. The van der Waals surface area contributed by atoms with E-state index in [1.54, 1.807) is 6.20 Å². The number of pyridine rings is 1. The van der Waals surface area contributed by atoms with Crippen molar-refractivity contribution in [3.63, 3.8) is 0 Å². The number of rotatable bonds is 3. The smallest absolute Gasteiger partial charge is 0.216 e. The first kappa shape index (κ1) is 20.8. The molecule has 6 aromatic rings. The summed E-state index contributed by atoms with van der Waals surface area (Å²) < 4.78 is 33.8. The third-order valence-corrected chi connectivity index (χ3v) is 7.51. The highest BCUT2D eigenvalue weighted by atomic mass is 16.3. The van der Waals surface area contributed by atoms with Crippen LogP contribution >= 0.6 is 0 Å². The summed E-state index contributed by atoms with van der Waals surface area (Å²) in [6.45, 7) is 6.32. The standard InChI is InChI=1S/C36H34NO/c1-23-16-18-29-28-14-10-11-15-33(28)38-35(29)34(23)32-21-30(24(2)22-37(32)6)27-19-17-26(20-31(27)36(3,4)5)25-12-8-7-9-13-25/h7-22H,1-6H3/q+1/i2D3. The minimum Gasteiger partial charge on any atom is -0.455 e. The fourth-order valence-electron chi connectivity index (χ4n) is 5.54. The van der Waals surface area contributed by atoms with Crippen molar-refractivity contribution in [1.82, 2.24) is 0 Å². The van der Waals surface area contributed by atoms with Gasteiger partial charge in [-0.1, -0.05) is 99.6 Å². The zero-order chi connectivity index (χ0) is 29.1. The summed E-state index contributed by atoms with van der Waals surface area (Å²) in [6, 6.07) is 31.0. The maximum absolute atomic E-state index is 8.49. The van der Waals surface area contributed by atoms with Crippen LogP contribution in [0, 0.1) is 13.8 Å². The van der Waals surface area contributed by atoms with Gasteiger partial charge in [0, 0.05) is 26.5 Å². The number of aryl methyl sites for hydroxylation is 3. The molecule has 0 aliphatic heterocycles. The van der Waals surface area contributed by atoms with Crippen LogP contribution in [-0.2, 0) is 12.5 Å². The van der Waals surface area contributed by atoms with Crippen molar-refractivity contribution >= 4 is 21.9 Å². The number of fused-ring (bicyclic) bond motifs is 3. The molecule has 0 saturated carbocycles. The molecule has 188 valence electrons. The first-order chi connectivity index (χ1) is 19.4. The Labute approximate surface area is 229 Å². The lowest BCUT2D eigenvalue weighted by molar-refractivity contribution is -0.660. The molecule has 0 fully saturated rings.